The summed E-state index contributed by atoms with van der Waals surface area (Å²) < 4.78 is 34.5. The van der Waals surface area contributed by atoms with Gasteiger partial charge in [-0.25, -0.2) is 0 Å². The van der Waals surface area contributed by atoms with Crippen molar-refractivity contribution in [2.75, 3.05) is 26.4 Å². The third-order valence-corrected chi connectivity index (χ3v) is 21.4. The minimum atomic E-state index is -1.97. The molecule has 0 saturated carbocycles. The van der Waals surface area contributed by atoms with Gasteiger partial charge in [-0.05, 0) is 12.8 Å². The van der Waals surface area contributed by atoms with Crippen LogP contribution in [-0.2, 0) is 33.2 Å². The van der Waals surface area contributed by atoms with Crippen molar-refractivity contribution in [3.05, 3.63) is 0 Å². The van der Waals surface area contributed by atoms with E-state index in [4.69, 9.17) is 28.4 Å². The number of aliphatic hydroxyl groups excluding tert-OH is 11. The third kappa shape index (κ3) is 42.1. The SMILES string of the molecule is CCCCCCCCCCCCCCCCCCCCCCCCCCCCCCCCCCC(=O)NC(COC1OC(CO)C(OC2OC(CO)C(OC3OC(CO)C(O)C(O)C3O)C(O)C2O)C(O)C1O)C(O)CCCCCCCCCCCCCCCCCCCCCCCC. The van der Waals surface area contributed by atoms with Crippen molar-refractivity contribution in [2.24, 2.45) is 0 Å². The molecule has 3 aliphatic heterocycles. The van der Waals surface area contributed by atoms with Crippen LogP contribution in [0.4, 0.5) is 0 Å². The van der Waals surface area contributed by atoms with Crippen LogP contribution in [-0.4, -0.2) is 193 Å². The summed E-state index contributed by atoms with van der Waals surface area (Å²) in [6, 6.07) is -0.883. The summed E-state index contributed by atoms with van der Waals surface area (Å²) in [4.78, 5) is 13.5. The van der Waals surface area contributed by atoms with Crippen LogP contribution in [0.3, 0.4) is 0 Å². The molecule has 99 heavy (non-hydrogen) atoms. The lowest BCUT2D eigenvalue weighted by atomic mass is 9.96. The van der Waals surface area contributed by atoms with Gasteiger partial charge in [-0.1, -0.05) is 354 Å². The van der Waals surface area contributed by atoms with Crippen LogP contribution in [0.25, 0.3) is 0 Å². The molecule has 17 atom stereocenters. The molecule has 0 aromatic carbocycles. The number of aliphatic hydroxyl groups is 11. The maximum absolute atomic E-state index is 13.5. The molecule has 0 radical (unpaired) electrons. The van der Waals surface area contributed by atoms with Gasteiger partial charge in [0.15, 0.2) is 18.9 Å². The van der Waals surface area contributed by atoms with Crippen molar-refractivity contribution in [3.63, 3.8) is 0 Å². The zero-order valence-corrected chi connectivity index (χ0v) is 63.0. The average Bonchev–Trinajstić information content (AvgIpc) is 0.784. The summed E-state index contributed by atoms with van der Waals surface area (Å²) >= 11 is 0. The van der Waals surface area contributed by atoms with Crippen molar-refractivity contribution in [2.45, 2.75) is 478 Å². The van der Waals surface area contributed by atoms with Crippen LogP contribution in [0.1, 0.15) is 373 Å². The molecule has 19 heteroatoms. The second-order valence-corrected chi connectivity index (χ2v) is 30.3. The number of unbranched alkanes of at least 4 members (excludes halogenated alkanes) is 52. The van der Waals surface area contributed by atoms with Gasteiger partial charge in [-0.2, -0.15) is 0 Å². The largest absolute Gasteiger partial charge is 0.394 e. The molecule has 17 unspecified atom stereocenters. The lowest BCUT2D eigenvalue weighted by Gasteiger charge is -2.48. The summed E-state index contributed by atoms with van der Waals surface area (Å²) in [5.41, 5.74) is 0. The summed E-state index contributed by atoms with van der Waals surface area (Å²) in [6.07, 6.45) is 44.9. The van der Waals surface area contributed by atoms with E-state index in [0.29, 0.717) is 12.8 Å². The van der Waals surface area contributed by atoms with E-state index in [1.54, 1.807) is 0 Å². The Morgan fingerprint density at radius 3 is 0.879 bits per heavy atom. The molecule has 1 amide bonds. The molecule has 0 aromatic rings. The number of ether oxygens (including phenoxy) is 6. The van der Waals surface area contributed by atoms with Crippen molar-refractivity contribution in [1.82, 2.24) is 5.32 Å². The fourth-order valence-electron chi connectivity index (χ4n) is 14.7. The van der Waals surface area contributed by atoms with Crippen molar-refractivity contribution < 1.29 is 89.4 Å². The van der Waals surface area contributed by atoms with Crippen LogP contribution in [0.2, 0.25) is 0 Å². The van der Waals surface area contributed by atoms with E-state index in [1.165, 1.54) is 295 Å². The molecular weight excluding hydrogens is 1260 g/mol. The monoisotopic (exact) mass is 1420 g/mol. The van der Waals surface area contributed by atoms with Crippen LogP contribution in [0.15, 0.2) is 0 Å². The van der Waals surface area contributed by atoms with E-state index < -0.39 is 124 Å². The Kier molecular flexibility index (Phi) is 57.5. The van der Waals surface area contributed by atoms with Crippen LogP contribution in [0.5, 0.6) is 0 Å². The average molecular weight is 1420 g/mol. The quantitative estimate of drug-likeness (QED) is 0.0252. The molecule has 588 valence electrons. The number of carbonyl (C=O) groups is 1. The van der Waals surface area contributed by atoms with Gasteiger partial charge in [-0.15, -0.1) is 0 Å². The van der Waals surface area contributed by atoms with Crippen molar-refractivity contribution in [1.29, 1.82) is 0 Å². The maximum atomic E-state index is 13.5. The first-order valence-corrected chi connectivity index (χ1v) is 41.8. The first kappa shape index (κ1) is 92.0. The fraction of sp³-hybridized carbons (Fsp3) is 0.988. The Bertz CT molecular complexity index is 1790. The first-order valence-electron chi connectivity index (χ1n) is 41.8. The second kappa shape index (κ2) is 61.9. The molecule has 12 N–H and O–H groups in total. The van der Waals surface area contributed by atoms with Gasteiger partial charge in [0.1, 0.15) is 73.2 Å². The van der Waals surface area contributed by atoms with Gasteiger partial charge in [0.2, 0.25) is 5.91 Å². The molecule has 0 bridgehead atoms. The van der Waals surface area contributed by atoms with Crippen LogP contribution in [0, 0.1) is 0 Å². The van der Waals surface area contributed by atoms with E-state index in [2.05, 4.69) is 19.2 Å². The molecule has 3 saturated heterocycles. The molecule has 0 aromatic heterocycles. The third-order valence-electron chi connectivity index (χ3n) is 21.4. The number of amides is 1. The van der Waals surface area contributed by atoms with Crippen LogP contribution >= 0.6 is 0 Å². The highest BCUT2D eigenvalue weighted by Gasteiger charge is 2.54. The summed E-state index contributed by atoms with van der Waals surface area (Å²) in [5.74, 6) is -0.232. The Hall–Kier alpha value is -1.21. The van der Waals surface area contributed by atoms with Crippen molar-refractivity contribution >= 4 is 5.91 Å². The normalized spacial score (nSPS) is 26.5. The molecule has 3 fully saturated rings. The molecule has 19 nitrogen and oxygen atoms in total. The predicted octanol–water partition coefficient (Wildman–Crippen LogP) is 14.2. The van der Waals surface area contributed by atoms with Gasteiger partial charge < -0.3 is 89.9 Å². The highest BCUT2D eigenvalue weighted by Crippen LogP contribution is 2.34. The fourth-order valence-corrected chi connectivity index (χ4v) is 14.7. The topological polar surface area (TPSA) is 307 Å². The molecule has 3 heterocycles. The zero-order valence-electron chi connectivity index (χ0n) is 63.0. The van der Waals surface area contributed by atoms with E-state index in [0.717, 1.165) is 44.9 Å². The van der Waals surface area contributed by atoms with Gasteiger partial charge in [0.25, 0.3) is 0 Å². The van der Waals surface area contributed by atoms with Crippen molar-refractivity contribution in [3.8, 4) is 0 Å². The minimum Gasteiger partial charge on any atom is -0.394 e. The molecule has 0 spiro atoms. The zero-order chi connectivity index (χ0) is 71.8. The first-order chi connectivity index (χ1) is 48.3. The van der Waals surface area contributed by atoms with E-state index >= 15 is 0 Å². The van der Waals surface area contributed by atoms with Gasteiger partial charge in [-0.3, -0.25) is 4.79 Å². The number of carbonyl (C=O) groups excluding carboxylic acids is 1. The Balaban J connectivity index is 1.34. The Morgan fingerprint density at radius 2 is 0.576 bits per heavy atom. The van der Waals surface area contributed by atoms with E-state index in [-0.39, 0.29) is 18.9 Å². The number of hydrogen-bond donors (Lipinski definition) is 12. The molecular formula is C80H155NO18. The summed E-state index contributed by atoms with van der Waals surface area (Å²) in [6.45, 7) is 1.88. The summed E-state index contributed by atoms with van der Waals surface area (Å²) in [7, 11) is 0. The predicted molar refractivity (Wildman–Crippen MR) is 393 cm³/mol. The van der Waals surface area contributed by atoms with E-state index in [1.807, 2.05) is 0 Å². The number of rotatable bonds is 68. The minimum absolute atomic E-state index is 0.232. The Labute approximate surface area is 602 Å². The smallest absolute Gasteiger partial charge is 0.220 e. The maximum Gasteiger partial charge on any atom is 0.220 e. The highest BCUT2D eigenvalue weighted by molar-refractivity contribution is 5.76. The van der Waals surface area contributed by atoms with Gasteiger partial charge in [0, 0.05) is 6.42 Å². The highest BCUT2D eigenvalue weighted by atomic mass is 16.8. The summed E-state index contributed by atoms with van der Waals surface area (Å²) in [5, 5.41) is 121. The lowest BCUT2D eigenvalue weighted by Crippen LogP contribution is -2.66. The molecule has 3 aliphatic rings. The van der Waals surface area contributed by atoms with E-state index in [9.17, 15) is 61.0 Å². The van der Waals surface area contributed by atoms with Gasteiger partial charge >= 0.3 is 0 Å². The Morgan fingerprint density at radius 1 is 0.323 bits per heavy atom. The second-order valence-electron chi connectivity index (χ2n) is 30.3. The van der Waals surface area contributed by atoms with Crippen LogP contribution < -0.4 is 5.32 Å². The molecule has 3 rings (SSSR count). The number of nitrogens with one attached hydrogen (secondary N) is 1. The molecule has 0 aliphatic carbocycles. The number of hydrogen-bond acceptors (Lipinski definition) is 18. The standard InChI is InChI=1S/C80H155NO18/c1-3-5-7-9-11-13-15-17-19-21-23-25-27-28-29-30-31-32-33-34-35-36-38-40-42-44-46-48-50-52-54-56-58-68(86)81-63(64(85)57-55-53-51-49-47-45-43-41-39-37-26-24-22-20-18-16-14-12-10-8-6-4-2)62-94-78-74(92)71(89)76(66(60-83)96-78)99-80-75(93)72(90)77(67(61-84)97-80)98-79-73(91)70(88)69(87)65(59-82)95-79/h63-67,69-80,82-85,87-93H,3-62H2,1-2H3,(H,81,86). The van der Waals surface area contributed by atoms with Gasteiger partial charge in [0.05, 0.1) is 38.6 Å². The lowest BCUT2D eigenvalue weighted by molar-refractivity contribution is -0.379.